The molecule has 1 aromatic rings. The fraction of sp³-hybridized carbons (Fsp3) is 0.533. The fourth-order valence-corrected chi connectivity index (χ4v) is 1.88. The van der Waals surface area contributed by atoms with Crippen LogP contribution in [0.4, 0.5) is 0 Å². The molecule has 0 spiro atoms. The molecule has 0 atom stereocenters. The maximum absolute atomic E-state index is 11.4. The summed E-state index contributed by atoms with van der Waals surface area (Å²) in [4.78, 5) is 11.4. The number of rotatable bonds is 6. The van der Waals surface area contributed by atoms with Crippen molar-refractivity contribution in [1.29, 1.82) is 0 Å². The van der Waals surface area contributed by atoms with Gasteiger partial charge >= 0.3 is 0 Å². The number of carbonyl (C=O) groups excluding carboxylic acids is 1. The number of hydrogen-bond acceptors (Lipinski definition) is 2. The lowest BCUT2D eigenvalue weighted by atomic mass is 10.0. The van der Waals surface area contributed by atoms with Crippen LogP contribution in [0.5, 0.6) is 0 Å². The summed E-state index contributed by atoms with van der Waals surface area (Å²) < 4.78 is 0. The smallest absolute Gasteiger partial charge is 0.234 e. The van der Waals surface area contributed by atoms with Crippen LogP contribution in [0.2, 0.25) is 0 Å². The van der Waals surface area contributed by atoms with Gasteiger partial charge in [0, 0.05) is 20.5 Å². The number of hydrogen-bond donors (Lipinski definition) is 1. The predicted octanol–water partition coefficient (Wildman–Crippen LogP) is 2.61. The van der Waals surface area contributed by atoms with Crippen molar-refractivity contribution in [3.63, 3.8) is 0 Å². The molecule has 0 bridgehead atoms. The Morgan fingerprint density at radius 1 is 1.17 bits per heavy atom. The SMILES string of the molecule is Cc1ccc(CCCCC(=O)NN(C)C)cc1C. The van der Waals surface area contributed by atoms with E-state index in [1.807, 2.05) is 14.1 Å². The Balaban J connectivity index is 2.25. The molecule has 0 fully saturated rings. The fourth-order valence-electron chi connectivity index (χ4n) is 1.88. The number of benzene rings is 1. The molecule has 1 N–H and O–H groups in total. The van der Waals surface area contributed by atoms with Crippen LogP contribution in [-0.4, -0.2) is 25.0 Å². The number of hydrazine groups is 1. The zero-order chi connectivity index (χ0) is 13.5. The number of nitrogens with zero attached hydrogens (tertiary/aromatic N) is 1. The highest BCUT2D eigenvalue weighted by atomic mass is 16.2. The van der Waals surface area contributed by atoms with Crippen LogP contribution in [-0.2, 0) is 11.2 Å². The van der Waals surface area contributed by atoms with Crippen molar-refractivity contribution in [2.45, 2.75) is 39.5 Å². The van der Waals surface area contributed by atoms with Gasteiger partial charge in [-0.3, -0.25) is 10.2 Å². The van der Waals surface area contributed by atoms with Crippen molar-refractivity contribution in [2.75, 3.05) is 14.1 Å². The first-order valence-electron chi connectivity index (χ1n) is 6.52. The summed E-state index contributed by atoms with van der Waals surface area (Å²) in [5.74, 6) is 0.0973. The average Bonchev–Trinajstić information content (AvgIpc) is 2.28. The normalized spacial score (nSPS) is 10.7. The zero-order valence-corrected chi connectivity index (χ0v) is 11.9. The summed E-state index contributed by atoms with van der Waals surface area (Å²) in [5, 5.41) is 1.69. The van der Waals surface area contributed by atoms with E-state index in [-0.39, 0.29) is 5.91 Å². The van der Waals surface area contributed by atoms with E-state index in [2.05, 4.69) is 37.5 Å². The first-order valence-corrected chi connectivity index (χ1v) is 6.52. The Morgan fingerprint density at radius 3 is 2.50 bits per heavy atom. The third-order valence-electron chi connectivity index (χ3n) is 3.04. The van der Waals surface area contributed by atoms with Gasteiger partial charge in [0.25, 0.3) is 0 Å². The lowest BCUT2D eigenvalue weighted by Crippen LogP contribution is -2.35. The first kappa shape index (κ1) is 14.7. The second-order valence-electron chi connectivity index (χ2n) is 5.06. The molecule has 0 saturated carbocycles. The van der Waals surface area contributed by atoms with E-state index in [1.54, 1.807) is 5.01 Å². The highest BCUT2D eigenvalue weighted by molar-refractivity contribution is 5.75. The van der Waals surface area contributed by atoms with Gasteiger partial charge in [0.1, 0.15) is 0 Å². The summed E-state index contributed by atoms with van der Waals surface area (Å²) in [6.45, 7) is 4.27. The molecule has 3 nitrogen and oxygen atoms in total. The topological polar surface area (TPSA) is 32.3 Å². The Kier molecular flexibility index (Phi) is 5.86. The molecular formula is C15H24N2O. The highest BCUT2D eigenvalue weighted by Crippen LogP contribution is 2.12. The van der Waals surface area contributed by atoms with Crippen LogP contribution in [0, 0.1) is 13.8 Å². The standard InChI is InChI=1S/C15H24N2O/c1-12-9-10-14(11-13(12)2)7-5-6-8-15(18)16-17(3)4/h9-11H,5-8H2,1-4H3,(H,16,18). The van der Waals surface area contributed by atoms with Gasteiger partial charge < -0.3 is 0 Å². The Labute approximate surface area is 110 Å². The molecule has 0 heterocycles. The summed E-state index contributed by atoms with van der Waals surface area (Å²) >= 11 is 0. The molecule has 0 unspecified atom stereocenters. The average molecular weight is 248 g/mol. The Morgan fingerprint density at radius 2 is 1.89 bits per heavy atom. The molecule has 1 rings (SSSR count). The van der Waals surface area contributed by atoms with E-state index in [9.17, 15) is 4.79 Å². The minimum atomic E-state index is 0.0973. The number of nitrogens with one attached hydrogen (secondary N) is 1. The number of aryl methyl sites for hydroxylation is 3. The molecule has 0 aliphatic carbocycles. The van der Waals surface area contributed by atoms with E-state index < -0.39 is 0 Å². The summed E-state index contributed by atoms with van der Waals surface area (Å²) in [5.41, 5.74) is 6.80. The molecule has 3 heteroatoms. The number of amides is 1. The molecular weight excluding hydrogens is 224 g/mol. The van der Waals surface area contributed by atoms with Gasteiger partial charge in [-0.25, -0.2) is 5.01 Å². The summed E-state index contributed by atoms with van der Waals surface area (Å²) in [7, 11) is 3.65. The minimum absolute atomic E-state index is 0.0973. The van der Waals surface area contributed by atoms with E-state index in [1.165, 1.54) is 16.7 Å². The molecule has 18 heavy (non-hydrogen) atoms. The molecule has 0 saturated heterocycles. The third-order valence-corrected chi connectivity index (χ3v) is 3.04. The van der Waals surface area contributed by atoms with Crippen LogP contribution in [0.15, 0.2) is 18.2 Å². The lowest BCUT2D eigenvalue weighted by molar-refractivity contribution is -0.124. The van der Waals surface area contributed by atoms with E-state index >= 15 is 0 Å². The molecule has 0 radical (unpaired) electrons. The molecule has 1 amide bonds. The molecule has 100 valence electrons. The number of carbonyl (C=O) groups is 1. The molecule has 0 aliphatic heterocycles. The minimum Gasteiger partial charge on any atom is -0.289 e. The second kappa shape index (κ2) is 7.17. The molecule has 0 aromatic heterocycles. The van der Waals surface area contributed by atoms with Crippen molar-refractivity contribution in [2.24, 2.45) is 0 Å². The van der Waals surface area contributed by atoms with Crippen LogP contribution in [0.3, 0.4) is 0 Å². The van der Waals surface area contributed by atoms with Gasteiger partial charge in [0.05, 0.1) is 0 Å². The lowest BCUT2D eigenvalue weighted by Gasteiger charge is -2.11. The van der Waals surface area contributed by atoms with Crippen LogP contribution in [0.1, 0.15) is 36.0 Å². The Bertz CT molecular complexity index is 399. The first-order chi connectivity index (χ1) is 8.49. The second-order valence-corrected chi connectivity index (χ2v) is 5.06. The van der Waals surface area contributed by atoms with Gasteiger partial charge in [-0.15, -0.1) is 0 Å². The molecule has 1 aromatic carbocycles. The largest absolute Gasteiger partial charge is 0.289 e. The quantitative estimate of drug-likeness (QED) is 0.620. The maximum atomic E-state index is 11.4. The van der Waals surface area contributed by atoms with Crippen molar-refractivity contribution < 1.29 is 4.79 Å². The zero-order valence-electron chi connectivity index (χ0n) is 11.9. The van der Waals surface area contributed by atoms with E-state index in [0.717, 1.165) is 19.3 Å². The van der Waals surface area contributed by atoms with E-state index in [0.29, 0.717) is 6.42 Å². The Hall–Kier alpha value is -1.35. The predicted molar refractivity (Wildman–Crippen MR) is 75.3 cm³/mol. The van der Waals surface area contributed by atoms with Crippen LogP contribution >= 0.6 is 0 Å². The van der Waals surface area contributed by atoms with Crippen molar-refractivity contribution in [3.8, 4) is 0 Å². The van der Waals surface area contributed by atoms with Crippen molar-refractivity contribution >= 4 is 5.91 Å². The van der Waals surface area contributed by atoms with Crippen LogP contribution in [0.25, 0.3) is 0 Å². The van der Waals surface area contributed by atoms with Crippen molar-refractivity contribution in [3.05, 3.63) is 34.9 Å². The van der Waals surface area contributed by atoms with Crippen molar-refractivity contribution in [1.82, 2.24) is 10.4 Å². The maximum Gasteiger partial charge on any atom is 0.234 e. The molecule has 0 aliphatic rings. The summed E-state index contributed by atoms with van der Waals surface area (Å²) in [6, 6.07) is 6.60. The third kappa shape index (κ3) is 5.32. The van der Waals surface area contributed by atoms with E-state index in [4.69, 9.17) is 0 Å². The number of unbranched alkanes of at least 4 members (excludes halogenated alkanes) is 1. The monoisotopic (exact) mass is 248 g/mol. The highest BCUT2D eigenvalue weighted by Gasteiger charge is 2.02. The van der Waals surface area contributed by atoms with Gasteiger partial charge in [-0.1, -0.05) is 18.2 Å². The summed E-state index contributed by atoms with van der Waals surface area (Å²) in [6.07, 6.45) is 3.65. The van der Waals surface area contributed by atoms with Gasteiger partial charge in [-0.2, -0.15) is 0 Å². The van der Waals surface area contributed by atoms with Gasteiger partial charge in [-0.05, 0) is 49.8 Å². The van der Waals surface area contributed by atoms with Gasteiger partial charge in [0.2, 0.25) is 5.91 Å². The van der Waals surface area contributed by atoms with Gasteiger partial charge in [0.15, 0.2) is 0 Å². The van der Waals surface area contributed by atoms with Crippen LogP contribution < -0.4 is 5.43 Å².